The number of benzene rings is 1. The molecule has 8 rings (SSSR count). The molecule has 0 saturated heterocycles. The van der Waals surface area contributed by atoms with E-state index in [0.29, 0.717) is 24.7 Å². The van der Waals surface area contributed by atoms with E-state index in [-0.39, 0.29) is 53.7 Å². The van der Waals surface area contributed by atoms with E-state index in [1.165, 1.54) is 31.2 Å². The third-order valence-electron chi connectivity index (χ3n) is 6.71. The maximum Gasteiger partial charge on any atom is 0.421 e. The van der Waals surface area contributed by atoms with Crippen LogP contribution >= 0.6 is 7.60 Å². The number of aryl methyl sites for hydroxylation is 1. The number of aromatic nitrogens is 5. The highest BCUT2D eigenvalue weighted by Gasteiger charge is 2.36. The molecular formula is C28H29F4N8O5P. The molecule has 0 fully saturated rings. The molecule has 0 aliphatic carbocycles. The molecule has 4 aliphatic heterocycles. The van der Waals surface area contributed by atoms with E-state index in [9.17, 15) is 22.5 Å². The largest absolute Gasteiger partial charge is 0.495 e. The quantitative estimate of drug-likeness (QED) is 0.177. The molecular weight excluding hydrogens is 635 g/mol. The van der Waals surface area contributed by atoms with E-state index in [0.717, 1.165) is 6.07 Å². The Morgan fingerprint density at radius 3 is 2.70 bits per heavy atom. The highest BCUT2D eigenvalue weighted by Crippen LogP contribution is 2.52. The van der Waals surface area contributed by atoms with Crippen molar-refractivity contribution in [3.05, 3.63) is 65.5 Å². The summed E-state index contributed by atoms with van der Waals surface area (Å²) in [5, 5.41) is 11.8. The number of amides is 1. The van der Waals surface area contributed by atoms with Crippen LogP contribution in [0.1, 0.15) is 35.0 Å². The minimum absolute atomic E-state index is 0.0602. The van der Waals surface area contributed by atoms with Gasteiger partial charge in [-0.05, 0) is 31.0 Å². The van der Waals surface area contributed by atoms with Gasteiger partial charge in [-0.25, -0.2) is 14.4 Å². The first-order valence-electron chi connectivity index (χ1n) is 13.9. The minimum Gasteiger partial charge on any atom is -0.495 e. The number of pyridine rings is 1. The van der Waals surface area contributed by atoms with Gasteiger partial charge in [-0.1, -0.05) is 6.07 Å². The summed E-state index contributed by atoms with van der Waals surface area (Å²) in [6, 6.07) is 5.59. The first kappa shape index (κ1) is 32.8. The molecule has 4 aliphatic rings. The predicted octanol–water partition coefficient (Wildman–Crippen LogP) is 5.90. The number of halogens is 4. The fourth-order valence-electron chi connectivity index (χ4n) is 4.60. The van der Waals surface area contributed by atoms with Crippen molar-refractivity contribution < 1.29 is 40.7 Å². The van der Waals surface area contributed by atoms with Crippen molar-refractivity contribution >= 4 is 36.6 Å². The maximum atomic E-state index is 15.5. The molecule has 1 amide bonds. The molecule has 1 aromatic carbocycles. The van der Waals surface area contributed by atoms with Gasteiger partial charge < -0.3 is 29.7 Å². The summed E-state index contributed by atoms with van der Waals surface area (Å²) in [6.07, 6.45) is -1.28. The lowest BCUT2D eigenvalue weighted by Gasteiger charge is -2.19. The van der Waals surface area contributed by atoms with Gasteiger partial charge in [0.25, 0.3) is 5.91 Å². The Morgan fingerprint density at radius 1 is 1.17 bits per heavy atom. The Morgan fingerprint density at radius 2 is 1.98 bits per heavy atom. The fraction of sp³-hybridized carbons (Fsp3) is 0.321. The molecule has 46 heavy (non-hydrogen) atoms. The van der Waals surface area contributed by atoms with E-state index in [2.05, 4.69) is 36.0 Å². The van der Waals surface area contributed by atoms with E-state index in [4.69, 9.17) is 13.8 Å². The lowest BCUT2D eigenvalue weighted by atomic mass is 10.1. The van der Waals surface area contributed by atoms with Gasteiger partial charge >= 0.3 is 13.8 Å². The van der Waals surface area contributed by atoms with Crippen LogP contribution in [-0.2, 0) is 32.5 Å². The number of hydrogen-bond donors (Lipinski definition) is 3. The van der Waals surface area contributed by atoms with Gasteiger partial charge in [0.2, 0.25) is 5.95 Å². The predicted molar refractivity (Wildman–Crippen MR) is 159 cm³/mol. The van der Waals surface area contributed by atoms with Crippen LogP contribution < -0.4 is 20.7 Å². The monoisotopic (exact) mass is 664 g/mol. The summed E-state index contributed by atoms with van der Waals surface area (Å²) in [7, 11) is -0.937. The van der Waals surface area contributed by atoms with Crippen LogP contribution in [-0.4, -0.2) is 58.0 Å². The Kier molecular flexibility index (Phi) is 9.55. The summed E-state index contributed by atoms with van der Waals surface area (Å²) in [5.74, 6) is -2.56. The Bertz CT molecular complexity index is 1800. The number of carbonyl (C=O) groups is 1. The molecule has 0 spiro atoms. The maximum absolute atomic E-state index is 15.5. The normalized spacial score (nSPS) is 16.9. The van der Waals surface area contributed by atoms with Crippen molar-refractivity contribution in [2.45, 2.75) is 32.2 Å². The molecule has 4 aromatic rings. The second-order valence-corrected chi connectivity index (χ2v) is 12.0. The first-order chi connectivity index (χ1) is 21.9. The van der Waals surface area contributed by atoms with Gasteiger partial charge in [-0.2, -0.15) is 23.3 Å². The number of anilines is 4. The van der Waals surface area contributed by atoms with Crippen LogP contribution in [0.2, 0.25) is 0 Å². The second-order valence-electron chi connectivity index (χ2n) is 9.90. The van der Waals surface area contributed by atoms with Crippen molar-refractivity contribution in [3.63, 3.8) is 0 Å². The second kappa shape index (κ2) is 13.4. The molecule has 0 saturated carbocycles. The van der Waals surface area contributed by atoms with Crippen LogP contribution in [0.25, 0.3) is 11.3 Å². The zero-order valence-corrected chi connectivity index (χ0v) is 25.7. The number of nitrogens with zero attached hydrogens (tertiary/aromatic N) is 5. The number of hydrogen-bond acceptors (Lipinski definition) is 11. The minimum atomic E-state index is -4.92. The summed E-state index contributed by atoms with van der Waals surface area (Å²) >= 11 is 0. The average Bonchev–Trinajstić information content (AvgIpc) is 3.47. The van der Waals surface area contributed by atoms with Crippen molar-refractivity contribution in [1.82, 2.24) is 30.0 Å². The Balaban J connectivity index is 1.65. The van der Waals surface area contributed by atoms with Gasteiger partial charge in [0.15, 0.2) is 11.5 Å². The molecule has 3 aromatic heterocycles. The van der Waals surface area contributed by atoms with Crippen molar-refractivity contribution in [3.8, 4) is 17.0 Å². The average molecular weight is 665 g/mol. The molecule has 18 heteroatoms. The van der Waals surface area contributed by atoms with E-state index < -0.39 is 42.6 Å². The third-order valence-corrected chi connectivity index (χ3v) is 8.69. The molecule has 1 unspecified atom stereocenters. The highest BCUT2D eigenvalue weighted by atomic mass is 31.2. The number of ether oxygens (including phenoxy) is 1. The summed E-state index contributed by atoms with van der Waals surface area (Å²) in [5.41, 5.74) is -1.28. The van der Waals surface area contributed by atoms with E-state index in [1.54, 1.807) is 25.1 Å². The zero-order valence-electron chi connectivity index (χ0n) is 24.8. The van der Waals surface area contributed by atoms with Crippen molar-refractivity contribution in [2.24, 2.45) is 0 Å². The molecule has 3 N–H and O–H groups in total. The first-order valence-corrected chi connectivity index (χ1v) is 15.6. The van der Waals surface area contributed by atoms with Gasteiger partial charge in [-0.3, -0.25) is 14.0 Å². The molecule has 244 valence electrons. The number of carbonyl (C=O) groups excluding carboxylic acids is 1. The highest BCUT2D eigenvalue weighted by molar-refractivity contribution is 7.53. The van der Waals surface area contributed by atoms with Gasteiger partial charge in [0.1, 0.15) is 22.8 Å². The lowest BCUT2D eigenvalue weighted by Crippen LogP contribution is -2.22. The number of nitrogens with one attached hydrogen (secondary N) is 3. The van der Waals surface area contributed by atoms with Gasteiger partial charge in [0.05, 0.1) is 44.1 Å². The summed E-state index contributed by atoms with van der Waals surface area (Å²) < 4.78 is 89.3. The van der Waals surface area contributed by atoms with E-state index >= 15 is 4.39 Å². The molecule has 8 bridgehead atoms. The molecule has 7 heterocycles. The molecule has 1 atom stereocenters. The van der Waals surface area contributed by atoms with Gasteiger partial charge in [-0.15, -0.1) is 0 Å². The van der Waals surface area contributed by atoms with Gasteiger partial charge in [0, 0.05) is 37.6 Å². The fourth-order valence-corrected chi connectivity index (χ4v) is 6.30. The SMILES string of the molecule is CCOP1(=O)Cc2ccc(c(OC)c2)Nc2ncc(C(F)(F)F)c(n2)Nc2cc(F)c(nc2C(=O)NC)-c2cnn(c2)CCCO1. The smallest absolute Gasteiger partial charge is 0.421 e. The summed E-state index contributed by atoms with van der Waals surface area (Å²) in [6.45, 7) is 2.17. The standard InChI is InChI=1S/C28H29F4N8O5P/c1-4-44-46(42)15-16-6-7-20(22(10-16)43-3)37-27-34-13-18(28(30,31)32)25(39-27)36-21-11-19(29)23(38-24(21)26(41)33-2)17-12-35-40(14-17)8-5-9-45-46/h6-7,10-14H,4-5,8-9,15H2,1-3H3,(H,33,41)(H2,34,36,37,39). The Hall–Kier alpha value is -4.60. The Labute approximate surface area is 260 Å². The van der Waals surface area contributed by atoms with Crippen LogP contribution in [0.5, 0.6) is 5.75 Å². The molecule has 0 radical (unpaired) electrons. The van der Waals surface area contributed by atoms with Crippen LogP contribution in [0.3, 0.4) is 0 Å². The van der Waals surface area contributed by atoms with E-state index in [1.807, 2.05) is 0 Å². The summed E-state index contributed by atoms with van der Waals surface area (Å²) in [4.78, 5) is 24.7. The van der Waals surface area contributed by atoms with Crippen LogP contribution in [0.15, 0.2) is 42.9 Å². The topological polar surface area (TPSA) is 154 Å². The number of methoxy groups -OCH3 is 1. The van der Waals surface area contributed by atoms with Crippen molar-refractivity contribution in [1.29, 1.82) is 0 Å². The molecule has 13 nitrogen and oxygen atoms in total. The number of rotatable bonds is 4. The van der Waals surface area contributed by atoms with Crippen LogP contribution in [0.4, 0.5) is 40.7 Å². The lowest BCUT2D eigenvalue weighted by molar-refractivity contribution is -0.137. The third kappa shape index (κ3) is 7.27. The number of alkyl halides is 3. The zero-order chi connectivity index (χ0) is 33.1. The van der Waals surface area contributed by atoms with Crippen molar-refractivity contribution in [2.75, 3.05) is 38.0 Å². The van der Waals surface area contributed by atoms with Crippen LogP contribution in [0, 0.1) is 5.82 Å².